The zero-order valence-electron chi connectivity index (χ0n) is 10.1. The van der Waals surface area contributed by atoms with Crippen molar-refractivity contribution in [2.75, 3.05) is 12.9 Å². The van der Waals surface area contributed by atoms with Gasteiger partial charge in [0.15, 0.2) is 0 Å². The van der Waals surface area contributed by atoms with Crippen LogP contribution in [-0.4, -0.2) is 55.8 Å². The molecule has 0 saturated carbocycles. The maximum Gasteiger partial charge on any atom is 0.333 e. The van der Waals surface area contributed by atoms with Gasteiger partial charge in [0.1, 0.15) is 12.2 Å². The van der Waals surface area contributed by atoms with E-state index in [1.807, 2.05) is 0 Å². The van der Waals surface area contributed by atoms with E-state index in [2.05, 4.69) is 4.18 Å². The number of hydrogen-bond acceptors (Lipinski definition) is 7. The van der Waals surface area contributed by atoms with Crippen LogP contribution in [0.15, 0.2) is 11.6 Å². The Balaban J connectivity index is 2.83. The fourth-order valence-corrected chi connectivity index (χ4v) is 2.28. The van der Waals surface area contributed by atoms with Crippen LogP contribution in [0, 0.1) is 0 Å². The van der Waals surface area contributed by atoms with Gasteiger partial charge in [0.2, 0.25) is 0 Å². The van der Waals surface area contributed by atoms with Gasteiger partial charge in [-0.2, -0.15) is 8.42 Å². The molecular weight excluding hydrogens is 264 g/mol. The number of ether oxygens (including phenoxy) is 1. The number of hydrogen-bond donors (Lipinski definition) is 2. The fraction of sp³-hybridized carbons (Fsp3) is 0.700. The van der Waals surface area contributed by atoms with Crippen molar-refractivity contribution in [2.24, 2.45) is 0 Å². The minimum Gasteiger partial charge on any atom is -0.463 e. The lowest BCUT2D eigenvalue weighted by Crippen LogP contribution is -2.44. The van der Waals surface area contributed by atoms with Gasteiger partial charge in [-0.25, -0.2) is 4.79 Å². The minimum absolute atomic E-state index is 0.102. The first-order valence-corrected chi connectivity index (χ1v) is 7.18. The van der Waals surface area contributed by atoms with Gasteiger partial charge in [0.25, 0.3) is 10.1 Å². The lowest BCUT2D eigenvalue weighted by molar-refractivity contribution is -0.139. The van der Waals surface area contributed by atoms with Gasteiger partial charge in [0.05, 0.1) is 19.0 Å². The van der Waals surface area contributed by atoms with Gasteiger partial charge in [-0.3, -0.25) is 4.18 Å². The molecule has 0 radical (unpaired) electrons. The molecule has 0 unspecified atom stereocenters. The SMILES string of the molecule is CCOC(=O)C1=C[C@@H](O)[C@@H](OS(C)(=O)=O)[C@H](O)C1. The van der Waals surface area contributed by atoms with Crippen LogP contribution < -0.4 is 0 Å². The Morgan fingerprint density at radius 1 is 1.50 bits per heavy atom. The van der Waals surface area contributed by atoms with Gasteiger partial charge in [0, 0.05) is 12.0 Å². The average molecular weight is 280 g/mol. The van der Waals surface area contributed by atoms with Crippen LogP contribution in [0.4, 0.5) is 0 Å². The number of esters is 1. The van der Waals surface area contributed by atoms with Crippen LogP contribution in [-0.2, 0) is 23.8 Å². The normalized spacial score (nSPS) is 28.7. The zero-order chi connectivity index (χ0) is 13.9. The second-order valence-electron chi connectivity index (χ2n) is 3.94. The Bertz CT molecular complexity index is 439. The predicted molar refractivity (Wildman–Crippen MR) is 61.1 cm³/mol. The van der Waals surface area contributed by atoms with Gasteiger partial charge in [-0.1, -0.05) is 0 Å². The molecule has 1 aliphatic carbocycles. The van der Waals surface area contributed by atoms with Crippen LogP contribution in [0.5, 0.6) is 0 Å². The van der Waals surface area contributed by atoms with Gasteiger partial charge in [-0.15, -0.1) is 0 Å². The summed E-state index contributed by atoms with van der Waals surface area (Å²) in [6, 6.07) is 0. The highest BCUT2D eigenvalue weighted by Gasteiger charge is 2.36. The van der Waals surface area contributed by atoms with Crippen molar-refractivity contribution in [3.8, 4) is 0 Å². The summed E-state index contributed by atoms with van der Waals surface area (Å²) in [5, 5.41) is 19.3. The van der Waals surface area contributed by atoms with Gasteiger partial charge in [-0.05, 0) is 13.0 Å². The van der Waals surface area contributed by atoms with Crippen molar-refractivity contribution in [2.45, 2.75) is 31.7 Å². The molecule has 18 heavy (non-hydrogen) atoms. The monoisotopic (exact) mass is 280 g/mol. The molecule has 1 rings (SSSR count). The van der Waals surface area contributed by atoms with Crippen molar-refractivity contribution in [3.63, 3.8) is 0 Å². The Morgan fingerprint density at radius 2 is 2.11 bits per heavy atom. The molecular formula is C10H16O7S. The maximum atomic E-state index is 11.4. The van der Waals surface area contributed by atoms with E-state index in [9.17, 15) is 23.4 Å². The summed E-state index contributed by atoms with van der Waals surface area (Å²) in [7, 11) is -3.80. The number of carbonyl (C=O) groups is 1. The van der Waals surface area contributed by atoms with Crippen LogP contribution in [0.25, 0.3) is 0 Å². The van der Waals surface area contributed by atoms with E-state index < -0.39 is 34.4 Å². The summed E-state index contributed by atoms with van der Waals surface area (Å²) in [6.07, 6.45) is -2.16. The molecule has 1 aliphatic rings. The summed E-state index contributed by atoms with van der Waals surface area (Å²) < 4.78 is 31.2. The first kappa shape index (κ1) is 15.1. The summed E-state index contributed by atoms with van der Waals surface area (Å²) in [6.45, 7) is 1.80. The first-order chi connectivity index (χ1) is 8.24. The van der Waals surface area contributed by atoms with Crippen molar-refractivity contribution < 1.29 is 32.3 Å². The highest BCUT2D eigenvalue weighted by atomic mass is 32.2. The highest BCUT2D eigenvalue weighted by molar-refractivity contribution is 7.86. The minimum atomic E-state index is -3.80. The molecule has 0 heterocycles. The molecule has 8 heteroatoms. The summed E-state index contributed by atoms with van der Waals surface area (Å²) >= 11 is 0. The van der Waals surface area contributed by atoms with E-state index in [1.54, 1.807) is 6.92 Å². The second kappa shape index (κ2) is 5.79. The van der Waals surface area contributed by atoms with Crippen molar-refractivity contribution >= 4 is 16.1 Å². The van der Waals surface area contributed by atoms with Gasteiger partial charge >= 0.3 is 5.97 Å². The molecule has 0 saturated heterocycles. The third-order valence-corrected chi connectivity index (χ3v) is 2.91. The standard InChI is InChI=1S/C10H16O7S/c1-3-16-10(13)6-4-7(11)9(8(12)5-6)17-18(2,14)15/h4,7-9,11-12H,3,5H2,1-2H3/t7-,8-,9-/m1/s1. The number of carbonyl (C=O) groups excluding carboxylic acids is 1. The molecule has 0 aliphatic heterocycles. The molecule has 0 aromatic heterocycles. The van der Waals surface area contributed by atoms with Crippen molar-refractivity contribution in [3.05, 3.63) is 11.6 Å². The maximum absolute atomic E-state index is 11.4. The highest BCUT2D eigenvalue weighted by Crippen LogP contribution is 2.23. The first-order valence-electron chi connectivity index (χ1n) is 5.36. The topological polar surface area (TPSA) is 110 Å². The Morgan fingerprint density at radius 3 is 2.56 bits per heavy atom. The Hall–Kier alpha value is -0.960. The smallest absolute Gasteiger partial charge is 0.333 e. The van der Waals surface area contributed by atoms with Crippen LogP contribution >= 0.6 is 0 Å². The van der Waals surface area contributed by atoms with Crippen molar-refractivity contribution in [1.82, 2.24) is 0 Å². The van der Waals surface area contributed by atoms with E-state index in [0.717, 1.165) is 12.3 Å². The lowest BCUT2D eigenvalue weighted by atomic mass is 9.92. The van der Waals surface area contributed by atoms with E-state index in [4.69, 9.17) is 4.74 Å². The molecule has 0 amide bonds. The summed E-state index contributed by atoms with van der Waals surface area (Å²) in [4.78, 5) is 11.4. The molecule has 0 bridgehead atoms. The molecule has 0 aromatic rings. The summed E-state index contributed by atoms with van der Waals surface area (Å²) in [5.74, 6) is -0.645. The molecule has 3 atom stereocenters. The fourth-order valence-electron chi connectivity index (χ4n) is 1.64. The third-order valence-electron chi connectivity index (χ3n) is 2.34. The van der Waals surface area contributed by atoms with E-state index in [1.165, 1.54) is 0 Å². The van der Waals surface area contributed by atoms with E-state index >= 15 is 0 Å². The number of aliphatic hydroxyl groups excluding tert-OH is 2. The molecule has 2 N–H and O–H groups in total. The number of aliphatic hydroxyl groups is 2. The molecule has 0 spiro atoms. The molecule has 0 aromatic carbocycles. The van der Waals surface area contributed by atoms with Crippen LogP contribution in [0.3, 0.4) is 0 Å². The quantitative estimate of drug-likeness (QED) is 0.499. The average Bonchev–Trinajstić information content (AvgIpc) is 2.22. The Kier molecular flexibility index (Phi) is 4.85. The lowest BCUT2D eigenvalue weighted by Gasteiger charge is -2.29. The second-order valence-corrected chi connectivity index (χ2v) is 5.54. The van der Waals surface area contributed by atoms with Gasteiger partial charge < -0.3 is 14.9 Å². The van der Waals surface area contributed by atoms with Crippen LogP contribution in [0.1, 0.15) is 13.3 Å². The molecule has 0 fully saturated rings. The third kappa shape index (κ3) is 4.05. The van der Waals surface area contributed by atoms with Crippen molar-refractivity contribution in [1.29, 1.82) is 0 Å². The molecule has 104 valence electrons. The summed E-state index contributed by atoms with van der Waals surface area (Å²) in [5.41, 5.74) is 0.102. The number of rotatable bonds is 4. The van der Waals surface area contributed by atoms with E-state index in [0.29, 0.717) is 0 Å². The molecule has 7 nitrogen and oxygen atoms in total. The largest absolute Gasteiger partial charge is 0.463 e. The predicted octanol–water partition coefficient (Wildman–Crippen LogP) is -1.05. The Labute approximate surface area is 105 Å². The van der Waals surface area contributed by atoms with Crippen LogP contribution in [0.2, 0.25) is 0 Å². The van der Waals surface area contributed by atoms with E-state index in [-0.39, 0.29) is 18.6 Å². The zero-order valence-corrected chi connectivity index (χ0v) is 10.9.